The highest BCUT2D eigenvalue weighted by atomic mass is 19.1. The van der Waals surface area contributed by atoms with Crippen molar-refractivity contribution in [3.63, 3.8) is 0 Å². The van der Waals surface area contributed by atoms with Crippen LogP contribution in [0.15, 0.2) is 24.8 Å². The Balaban J connectivity index is 3.15. The van der Waals surface area contributed by atoms with Gasteiger partial charge in [-0.15, -0.1) is 6.58 Å². The number of hydrogen-bond donors (Lipinski definition) is 1. The molecule has 98 valence electrons. The number of aryl methyl sites for hydroxylation is 1. The molecule has 0 spiro atoms. The van der Waals surface area contributed by atoms with Gasteiger partial charge in [0.05, 0.1) is 6.61 Å². The first kappa shape index (κ1) is 14.3. The lowest BCUT2D eigenvalue weighted by Crippen LogP contribution is -2.35. The highest BCUT2D eigenvalue weighted by Crippen LogP contribution is 2.18. The first-order chi connectivity index (χ1) is 8.52. The van der Waals surface area contributed by atoms with Gasteiger partial charge < -0.3 is 10.0 Å². The van der Waals surface area contributed by atoms with Gasteiger partial charge in [-0.25, -0.2) is 8.78 Å². The maximum atomic E-state index is 13.8. The molecule has 0 radical (unpaired) electrons. The summed E-state index contributed by atoms with van der Waals surface area (Å²) in [6.07, 6.45) is 1.43. The van der Waals surface area contributed by atoms with Crippen molar-refractivity contribution < 1.29 is 18.7 Å². The number of nitrogens with zero attached hydrogens (tertiary/aromatic N) is 1. The van der Waals surface area contributed by atoms with Crippen molar-refractivity contribution in [3.8, 4) is 0 Å². The van der Waals surface area contributed by atoms with Gasteiger partial charge in [0.15, 0.2) is 0 Å². The molecule has 0 saturated heterocycles. The van der Waals surface area contributed by atoms with E-state index in [9.17, 15) is 13.6 Å². The molecule has 18 heavy (non-hydrogen) atoms. The monoisotopic (exact) mass is 255 g/mol. The van der Waals surface area contributed by atoms with Crippen LogP contribution in [0.2, 0.25) is 0 Å². The molecule has 0 aliphatic rings. The predicted molar refractivity (Wildman–Crippen MR) is 64.3 cm³/mol. The van der Waals surface area contributed by atoms with E-state index in [4.69, 9.17) is 5.11 Å². The first-order valence-electron chi connectivity index (χ1n) is 5.48. The van der Waals surface area contributed by atoms with Gasteiger partial charge >= 0.3 is 0 Å². The third kappa shape index (κ3) is 2.92. The standard InChI is InChI=1S/C13H15F2NO2/c1-3-6-16(7-8-17)13(18)11-10(14)5-4-9(2)12(11)15/h3-5,17H,1,6-8H2,2H3. The summed E-state index contributed by atoms with van der Waals surface area (Å²) in [5.74, 6) is -2.57. The average molecular weight is 255 g/mol. The van der Waals surface area contributed by atoms with E-state index in [1.807, 2.05) is 0 Å². The molecule has 0 aromatic heterocycles. The summed E-state index contributed by atoms with van der Waals surface area (Å²) < 4.78 is 27.3. The zero-order valence-electron chi connectivity index (χ0n) is 10.1. The number of halogens is 2. The number of rotatable bonds is 5. The van der Waals surface area contributed by atoms with E-state index >= 15 is 0 Å². The Hall–Kier alpha value is -1.75. The van der Waals surface area contributed by atoms with Crippen LogP contribution in [0.5, 0.6) is 0 Å². The molecule has 1 rings (SSSR count). The summed E-state index contributed by atoms with van der Waals surface area (Å²) in [7, 11) is 0. The topological polar surface area (TPSA) is 40.5 Å². The molecule has 0 heterocycles. The fourth-order valence-corrected chi connectivity index (χ4v) is 1.56. The maximum Gasteiger partial charge on any atom is 0.260 e. The average Bonchev–Trinajstić information content (AvgIpc) is 2.34. The minimum atomic E-state index is -0.907. The quantitative estimate of drug-likeness (QED) is 0.816. The molecule has 1 N–H and O–H groups in total. The molecule has 0 aliphatic carbocycles. The van der Waals surface area contributed by atoms with Crippen LogP contribution < -0.4 is 0 Å². The molecular weight excluding hydrogens is 240 g/mol. The van der Waals surface area contributed by atoms with Crippen LogP contribution in [0.4, 0.5) is 8.78 Å². The van der Waals surface area contributed by atoms with Gasteiger partial charge in [0.2, 0.25) is 0 Å². The van der Waals surface area contributed by atoms with Gasteiger partial charge in [-0.1, -0.05) is 12.1 Å². The number of carbonyl (C=O) groups excluding carboxylic acids is 1. The van der Waals surface area contributed by atoms with Gasteiger partial charge in [0.1, 0.15) is 17.2 Å². The fourth-order valence-electron chi connectivity index (χ4n) is 1.56. The van der Waals surface area contributed by atoms with E-state index in [0.29, 0.717) is 0 Å². The first-order valence-corrected chi connectivity index (χ1v) is 5.48. The summed E-state index contributed by atoms with van der Waals surface area (Å²) in [6.45, 7) is 4.74. The van der Waals surface area contributed by atoms with E-state index in [-0.39, 0.29) is 25.3 Å². The normalized spacial score (nSPS) is 10.2. The fraction of sp³-hybridized carbons (Fsp3) is 0.308. The Morgan fingerprint density at radius 2 is 2.17 bits per heavy atom. The van der Waals surface area contributed by atoms with E-state index in [2.05, 4.69) is 6.58 Å². The zero-order valence-corrected chi connectivity index (χ0v) is 10.1. The Kier molecular flexibility index (Phi) is 4.97. The Morgan fingerprint density at radius 1 is 1.50 bits per heavy atom. The third-order valence-corrected chi connectivity index (χ3v) is 2.50. The molecule has 0 bridgehead atoms. The SMILES string of the molecule is C=CCN(CCO)C(=O)c1c(F)ccc(C)c1F. The van der Waals surface area contributed by atoms with Crippen molar-refractivity contribution in [3.05, 3.63) is 47.5 Å². The molecular formula is C13H15F2NO2. The predicted octanol–water partition coefficient (Wildman–Crippen LogP) is 1.89. The van der Waals surface area contributed by atoms with Crippen molar-refractivity contribution in [2.75, 3.05) is 19.7 Å². The summed E-state index contributed by atoms with van der Waals surface area (Å²) in [6, 6.07) is 2.32. The molecule has 0 saturated carbocycles. The van der Waals surface area contributed by atoms with Crippen LogP contribution in [-0.4, -0.2) is 35.6 Å². The summed E-state index contributed by atoms with van der Waals surface area (Å²) in [5, 5.41) is 8.84. The highest BCUT2D eigenvalue weighted by molar-refractivity contribution is 5.95. The van der Waals surface area contributed by atoms with Crippen molar-refractivity contribution in [1.29, 1.82) is 0 Å². The molecule has 3 nitrogen and oxygen atoms in total. The van der Waals surface area contributed by atoms with Crippen LogP contribution in [0.3, 0.4) is 0 Å². The van der Waals surface area contributed by atoms with Crippen molar-refractivity contribution in [2.45, 2.75) is 6.92 Å². The van der Waals surface area contributed by atoms with E-state index in [1.54, 1.807) is 0 Å². The zero-order chi connectivity index (χ0) is 13.7. The second-order valence-electron chi connectivity index (χ2n) is 3.82. The molecule has 5 heteroatoms. The molecule has 1 amide bonds. The van der Waals surface area contributed by atoms with E-state index < -0.39 is 23.1 Å². The van der Waals surface area contributed by atoms with E-state index in [0.717, 1.165) is 11.0 Å². The number of aliphatic hydroxyl groups excluding tert-OH is 1. The molecule has 0 atom stereocenters. The van der Waals surface area contributed by atoms with Crippen LogP contribution in [0.1, 0.15) is 15.9 Å². The van der Waals surface area contributed by atoms with E-state index in [1.165, 1.54) is 19.1 Å². The van der Waals surface area contributed by atoms with Crippen molar-refractivity contribution in [2.24, 2.45) is 0 Å². The number of amides is 1. The number of aliphatic hydroxyl groups is 1. The van der Waals surface area contributed by atoms with Crippen LogP contribution in [-0.2, 0) is 0 Å². The van der Waals surface area contributed by atoms with Gasteiger partial charge in [0, 0.05) is 13.1 Å². The van der Waals surface area contributed by atoms with Gasteiger partial charge in [-0.05, 0) is 18.6 Å². The minimum Gasteiger partial charge on any atom is -0.395 e. The lowest BCUT2D eigenvalue weighted by Gasteiger charge is -2.20. The van der Waals surface area contributed by atoms with Gasteiger partial charge in [-0.2, -0.15) is 0 Å². The van der Waals surface area contributed by atoms with Crippen LogP contribution in [0, 0.1) is 18.6 Å². The Morgan fingerprint density at radius 3 is 2.72 bits per heavy atom. The molecule has 1 aromatic carbocycles. The molecule has 1 aromatic rings. The van der Waals surface area contributed by atoms with Crippen LogP contribution >= 0.6 is 0 Å². The number of carbonyl (C=O) groups is 1. The van der Waals surface area contributed by atoms with Crippen molar-refractivity contribution >= 4 is 5.91 Å². The third-order valence-electron chi connectivity index (χ3n) is 2.50. The molecule has 0 fully saturated rings. The van der Waals surface area contributed by atoms with Gasteiger partial charge in [-0.3, -0.25) is 4.79 Å². The summed E-state index contributed by atoms with van der Waals surface area (Å²) >= 11 is 0. The lowest BCUT2D eigenvalue weighted by atomic mass is 10.1. The van der Waals surface area contributed by atoms with Gasteiger partial charge in [0.25, 0.3) is 5.91 Å². The Labute approximate surface area is 104 Å². The molecule has 0 aliphatic heterocycles. The Bertz CT molecular complexity index is 461. The maximum absolute atomic E-state index is 13.8. The van der Waals surface area contributed by atoms with Crippen LogP contribution in [0.25, 0.3) is 0 Å². The van der Waals surface area contributed by atoms with Crippen molar-refractivity contribution in [1.82, 2.24) is 4.90 Å². The summed E-state index contributed by atoms with van der Waals surface area (Å²) in [5.41, 5.74) is -0.396. The highest BCUT2D eigenvalue weighted by Gasteiger charge is 2.23. The second kappa shape index (κ2) is 6.26. The smallest absolute Gasteiger partial charge is 0.260 e. The number of benzene rings is 1. The largest absolute Gasteiger partial charge is 0.395 e. The molecule has 0 unspecified atom stereocenters. The minimum absolute atomic E-state index is 0.00231. The summed E-state index contributed by atoms with van der Waals surface area (Å²) in [4.78, 5) is 13.1. The number of hydrogen-bond acceptors (Lipinski definition) is 2. The second-order valence-corrected chi connectivity index (χ2v) is 3.82. The lowest BCUT2D eigenvalue weighted by molar-refractivity contribution is 0.0733.